The second-order valence-corrected chi connectivity index (χ2v) is 6.85. The fourth-order valence-corrected chi connectivity index (χ4v) is 2.85. The normalized spacial score (nSPS) is 10.3. The fraction of sp³-hybridized carbons (Fsp3) is 0.300. The van der Waals surface area contributed by atoms with Gasteiger partial charge in [-0.1, -0.05) is 22.0 Å². The summed E-state index contributed by atoms with van der Waals surface area (Å²) in [7, 11) is 1.62. The zero-order valence-electron chi connectivity index (χ0n) is 15.4. The molecule has 2 aromatic carbocycles. The third-order valence-corrected chi connectivity index (χ3v) is 4.21. The van der Waals surface area contributed by atoms with E-state index in [1.165, 1.54) is 0 Å². The summed E-state index contributed by atoms with van der Waals surface area (Å²) in [6.07, 6.45) is 0.742. The molecule has 0 saturated carbocycles. The summed E-state index contributed by atoms with van der Waals surface area (Å²) in [4.78, 5) is 24.3. The highest BCUT2D eigenvalue weighted by Gasteiger charge is 2.09. The number of nitrogens with one attached hydrogen (secondary N) is 2. The van der Waals surface area contributed by atoms with E-state index in [0.29, 0.717) is 30.2 Å². The maximum Gasteiger partial charge on any atom is 0.262 e. The van der Waals surface area contributed by atoms with E-state index >= 15 is 0 Å². The molecule has 0 fully saturated rings. The van der Waals surface area contributed by atoms with Crippen LogP contribution in [-0.2, 0) is 9.53 Å². The first kappa shape index (κ1) is 20.9. The van der Waals surface area contributed by atoms with Gasteiger partial charge in [-0.2, -0.15) is 0 Å². The number of hydrogen-bond donors (Lipinski definition) is 2. The van der Waals surface area contributed by atoms with Crippen LogP contribution in [0.4, 0.5) is 5.69 Å². The van der Waals surface area contributed by atoms with E-state index in [1.54, 1.807) is 37.4 Å². The van der Waals surface area contributed by atoms with Crippen molar-refractivity contribution in [2.45, 2.75) is 13.3 Å². The van der Waals surface area contributed by atoms with Gasteiger partial charge in [-0.15, -0.1) is 0 Å². The molecule has 27 heavy (non-hydrogen) atoms. The van der Waals surface area contributed by atoms with Gasteiger partial charge in [-0.3, -0.25) is 9.59 Å². The smallest absolute Gasteiger partial charge is 0.262 e. The first-order valence-electron chi connectivity index (χ1n) is 8.55. The van der Waals surface area contributed by atoms with E-state index in [4.69, 9.17) is 9.47 Å². The van der Waals surface area contributed by atoms with Crippen molar-refractivity contribution >= 4 is 33.4 Å². The third kappa shape index (κ3) is 7.03. The van der Waals surface area contributed by atoms with Gasteiger partial charge in [0.15, 0.2) is 6.61 Å². The first-order chi connectivity index (χ1) is 13.0. The molecule has 7 heteroatoms. The van der Waals surface area contributed by atoms with E-state index < -0.39 is 0 Å². The van der Waals surface area contributed by atoms with Crippen molar-refractivity contribution in [2.75, 3.05) is 32.2 Å². The summed E-state index contributed by atoms with van der Waals surface area (Å²) < 4.78 is 11.5. The lowest BCUT2D eigenvalue weighted by molar-refractivity contribution is -0.118. The Morgan fingerprint density at radius 1 is 1.15 bits per heavy atom. The predicted molar refractivity (Wildman–Crippen MR) is 108 cm³/mol. The lowest BCUT2D eigenvalue weighted by Gasteiger charge is -2.11. The van der Waals surface area contributed by atoms with Gasteiger partial charge in [-0.25, -0.2) is 0 Å². The van der Waals surface area contributed by atoms with Gasteiger partial charge in [-0.05, 0) is 55.3 Å². The van der Waals surface area contributed by atoms with E-state index in [-0.39, 0.29) is 18.4 Å². The zero-order valence-corrected chi connectivity index (χ0v) is 17.0. The summed E-state index contributed by atoms with van der Waals surface area (Å²) in [5.74, 6) is 0.163. The summed E-state index contributed by atoms with van der Waals surface area (Å²) in [6.45, 7) is 2.92. The fourth-order valence-electron chi connectivity index (χ4n) is 2.37. The summed E-state index contributed by atoms with van der Waals surface area (Å²) >= 11 is 3.39. The molecule has 2 N–H and O–H groups in total. The Hall–Kier alpha value is -2.38. The van der Waals surface area contributed by atoms with Gasteiger partial charge in [0.1, 0.15) is 5.75 Å². The molecule has 0 aliphatic heterocycles. The number of benzene rings is 2. The molecule has 0 unspecified atom stereocenters. The van der Waals surface area contributed by atoms with Crippen molar-refractivity contribution in [3.8, 4) is 5.75 Å². The van der Waals surface area contributed by atoms with Crippen LogP contribution in [0.15, 0.2) is 46.9 Å². The van der Waals surface area contributed by atoms with Gasteiger partial charge >= 0.3 is 0 Å². The van der Waals surface area contributed by atoms with Crippen LogP contribution in [0.2, 0.25) is 0 Å². The minimum absolute atomic E-state index is 0.115. The Kier molecular flexibility index (Phi) is 8.29. The van der Waals surface area contributed by atoms with Gasteiger partial charge in [0, 0.05) is 36.0 Å². The third-order valence-electron chi connectivity index (χ3n) is 3.72. The second-order valence-electron chi connectivity index (χ2n) is 5.93. The van der Waals surface area contributed by atoms with Crippen LogP contribution in [0.25, 0.3) is 0 Å². The molecule has 0 radical (unpaired) electrons. The lowest BCUT2D eigenvalue weighted by Crippen LogP contribution is -2.25. The molecule has 0 heterocycles. The number of halogens is 1. The minimum Gasteiger partial charge on any atom is -0.483 e. The largest absolute Gasteiger partial charge is 0.483 e. The highest BCUT2D eigenvalue weighted by atomic mass is 79.9. The molecule has 0 aromatic heterocycles. The minimum atomic E-state index is -0.296. The van der Waals surface area contributed by atoms with Gasteiger partial charge in [0.25, 0.3) is 11.8 Å². The van der Waals surface area contributed by atoms with Crippen LogP contribution in [0.1, 0.15) is 22.3 Å². The quantitative estimate of drug-likeness (QED) is 0.591. The summed E-state index contributed by atoms with van der Waals surface area (Å²) in [6, 6.07) is 12.4. The topological polar surface area (TPSA) is 76.7 Å². The van der Waals surface area contributed by atoms with Crippen molar-refractivity contribution in [1.82, 2.24) is 5.32 Å². The van der Waals surface area contributed by atoms with E-state index in [9.17, 15) is 9.59 Å². The second kappa shape index (κ2) is 10.7. The Bertz CT molecular complexity index is 795. The molecule has 0 aliphatic carbocycles. The predicted octanol–water partition coefficient (Wildman–Crippen LogP) is 3.54. The van der Waals surface area contributed by atoms with E-state index in [0.717, 1.165) is 16.5 Å². The number of carbonyl (C=O) groups is 2. The number of carbonyl (C=O) groups excluding carboxylic acids is 2. The molecule has 2 rings (SSSR count). The Morgan fingerprint density at radius 2 is 1.96 bits per heavy atom. The lowest BCUT2D eigenvalue weighted by atomic mass is 10.2. The summed E-state index contributed by atoms with van der Waals surface area (Å²) in [5, 5.41) is 5.55. The summed E-state index contributed by atoms with van der Waals surface area (Å²) in [5.41, 5.74) is 1.96. The van der Waals surface area contributed by atoms with Crippen molar-refractivity contribution < 1.29 is 19.1 Å². The van der Waals surface area contributed by atoms with Crippen molar-refractivity contribution in [3.05, 3.63) is 58.1 Å². The highest BCUT2D eigenvalue weighted by Crippen LogP contribution is 2.22. The molecular weight excluding hydrogens is 412 g/mol. The monoisotopic (exact) mass is 434 g/mol. The van der Waals surface area contributed by atoms with Crippen LogP contribution in [0.3, 0.4) is 0 Å². The van der Waals surface area contributed by atoms with E-state index in [2.05, 4.69) is 26.6 Å². The number of aryl methyl sites for hydroxylation is 1. The molecule has 0 saturated heterocycles. The highest BCUT2D eigenvalue weighted by molar-refractivity contribution is 9.10. The molecule has 2 amide bonds. The number of rotatable bonds is 9. The van der Waals surface area contributed by atoms with Gasteiger partial charge in [0.2, 0.25) is 0 Å². The van der Waals surface area contributed by atoms with E-state index in [1.807, 2.05) is 19.1 Å². The van der Waals surface area contributed by atoms with Crippen molar-refractivity contribution in [1.29, 1.82) is 0 Å². The maximum absolute atomic E-state index is 12.1. The molecule has 0 atom stereocenters. The Morgan fingerprint density at radius 3 is 2.70 bits per heavy atom. The standard InChI is InChI=1S/C20H23BrN2O4/c1-14-11-16(21)7-8-18(14)27-13-19(24)23-17-6-3-5-15(12-17)20(25)22-9-4-10-26-2/h3,5-8,11-12H,4,9-10,13H2,1-2H3,(H,22,25)(H,23,24). The molecule has 6 nitrogen and oxygen atoms in total. The van der Waals surface area contributed by atoms with Crippen LogP contribution in [0.5, 0.6) is 5.75 Å². The van der Waals surface area contributed by atoms with Crippen molar-refractivity contribution in [2.24, 2.45) is 0 Å². The Balaban J connectivity index is 1.87. The van der Waals surface area contributed by atoms with Crippen LogP contribution < -0.4 is 15.4 Å². The Labute approximate surface area is 167 Å². The molecule has 0 bridgehead atoms. The number of anilines is 1. The van der Waals surface area contributed by atoms with Crippen LogP contribution in [-0.4, -0.2) is 38.7 Å². The SMILES string of the molecule is COCCCNC(=O)c1cccc(NC(=O)COc2ccc(Br)cc2C)c1. The average Bonchev–Trinajstić information content (AvgIpc) is 2.64. The van der Waals surface area contributed by atoms with Gasteiger partial charge in [0.05, 0.1) is 0 Å². The number of ether oxygens (including phenoxy) is 2. The van der Waals surface area contributed by atoms with Gasteiger partial charge < -0.3 is 20.1 Å². The molecule has 0 spiro atoms. The molecule has 0 aliphatic rings. The molecule has 2 aromatic rings. The molecule has 144 valence electrons. The van der Waals surface area contributed by atoms with Crippen molar-refractivity contribution in [3.63, 3.8) is 0 Å². The number of amides is 2. The number of methoxy groups -OCH3 is 1. The molecular formula is C20H23BrN2O4. The number of hydrogen-bond acceptors (Lipinski definition) is 4. The van der Waals surface area contributed by atoms with Crippen LogP contribution >= 0.6 is 15.9 Å². The van der Waals surface area contributed by atoms with Crippen LogP contribution in [0, 0.1) is 6.92 Å². The first-order valence-corrected chi connectivity index (χ1v) is 9.35. The zero-order chi connectivity index (χ0) is 19.6. The average molecular weight is 435 g/mol. The maximum atomic E-state index is 12.1.